The van der Waals surface area contributed by atoms with E-state index in [0.717, 1.165) is 17.1 Å². The lowest BCUT2D eigenvalue weighted by atomic mass is 10.0. The first kappa shape index (κ1) is 13.1. The van der Waals surface area contributed by atoms with Gasteiger partial charge < -0.3 is 10.5 Å². The molecule has 0 bridgehead atoms. The molecule has 2 aromatic rings. The summed E-state index contributed by atoms with van der Waals surface area (Å²) in [6, 6.07) is 11.2. The number of primary amides is 1. The van der Waals surface area contributed by atoms with Crippen molar-refractivity contribution in [3.63, 3.8) is 0 Å². The molecule has 0 saturated heterocycles. The number of carbonyl (C=O) groups is 2. The Balaban J connectivity index is 2.38. The zero-order chi connectivity index (χ0) is 13.8. The highest BCUT2D eigenvalue weighted by Crippen LogP contribution is 2.27. The molecule has 0 fully saturated rings. The Hall–Kier alpha value is -2.36. The molecule has 0 heterocycles. The molecule has 1 amide bonds. The molecular weight excluding hydrogens is 242 g/mol. The number of hydrogen-bond donors (Lipinski definition) is 1. The number of amides is 1. The van der Waals surface area contributed by atoms with Gasteiger partial charge in [-0.2, -0.15) is 0 Å². The molecule has 2 N–H and O–H groups in total. The second kappa shape index (κ2) is 5.52. The topological polar surface area (TPSA) is 69.4 Å². The van der Waals surface area contributed by atoms with Crippen molar-refractivity contribution in [2.24, 2.45) is 5.73 Å². The van der Waals surface area contributed by atoms with Crippen molar-refractivity contribution in [3.8, 4) is 5.75 Å². The molecule has 1 atom stereocenters. The van der Waals surface area contributed by atoms with Crippen molar-refractivity contribution in [2.75, 3.05) is 0 Å². The van der Waals surface area contributed by atoms with E-state index >= 15 is 0 Å². The Morgan fingerprint density at radius 3 is 2.74 bits per heavy atom. The maximum Gasteiger partial charge on any atom is 0.221 e. The third-order valence-corrected chi connectivity index (χ3v) is 2.87. The molecule has 0 spiro atoms. The van der Waals surface area contributed by atoms with Gasteiger partial charge in [-0.05, 0) is 23.8 Å². The van der Waals surface area contributed by atoms with Gasteiger partial charge in [-0.1, -0.05) is 30.3 Å². The van der Waals surface area contributed by atoms with Crippen LogP contribution < -0.4 is 10.5 Å². The van der Waals surface area contributed by atoms with Crippen LogP contribution in [-0.2, 0) is 4.79 Å². The molecule has 0 aliphatic heterocycles. The first-order valence-electron chi connectivity index (χ1n) is 6.03. The van der Waals surface area contributed by atoms with Crippen molar-refractivity contribution < 1.29 is 14.3 Å². The van der Waals surface area contributed by atoms with Gasteiger partial charge in [0.1, 0.15) is 11.9 Å². The van der Waals surface area contributed by atoms with E-state index in [-0.39, 0.29) is 12.5 Å². The number of hydrogen-bond acceptors (Lipinski definition) is 3. The van der Waals surface area contributed by atoms with Gasteiger partial charge in [0.15, 0.2) is 6.29 Å². The number of aldehydes is 1. The number of carbonyl (C=O) groups excluding carboxylic acids is 2. The number of ether oxygens (including phenoxy) is 1. The number of benzene rings is 2. The average molecular weight is 257 g/mol. The van der Waals surface area contributed by atoms with Gasteiger partial charge in [0, 0.05) is 0 Å². The van der Waals surface area contributed by atoms with E-state index in [4.69, 9.17) is 10.5 Å². The fourth-order valence-electron chi connectivity index (χ4n) is 2.04. The van der Waals surface area contributed by atoms with Crippen LogP contribution in [0, 0.1) is 0 Å². The van der Waals surface area contributed by atoms with Gasteiger partial charge >= 0.3 is 0 Å². The predicted molar refractivity (Wildman–Crippen MR) is 73.2 cm³/mol. The van der Waals surface area contributed by atoms with E-state index in [9.17, 15) is 9.59 Å². The SMILES string of the molecule is CC(CC(N)=O)Oc1ccc2ccccc2c1C=O. The zero-order valence-corrected chi connectivity index (χ0v) is 10.6. The molecule has 4 heteroatoms. The van der Waals surface area contributed by atoms with Crippen LogP contribution in [0.1, 0.15) is 23.7 Å². The summed E-state index contributed by atoms with van der Waals surface area (Å²) in [6.07, 6.45) is 0.525. The third-order valence-electron chi connectivity index (χ3n) is 2.87. The lowest BCUT2D eigenvalue weighted by molar-refractivity contribution is -0.119. The molecule has 0 radical (unpaired) electrons. The highest BCUT2D eigenvalue weighted by atomic mass is 16.5. The average Bonchev–Trinajstić information content (AvgIpc) is 2.37. The summed E-state index contributed by atoms with van der Waals surface area (Å²) >= 11 is 0. The van der Waals surface area contributed by atoms with Gasteiger partial charge in [0.05, 0.1) is 12.0 Å². The molecule has 1 unspecified atom stereocenters. The lowest BCUT2D eigenvalue weighted by Gasteiger charge is -2.15. The normalized spacial score (nSPS) is 12.1. The number of nitrogens with two attached hydrogens (primary N) is 1. The monoisotopic (exact) mass is 257 g/mol. The van der Waals surface area contributed by atoms with Crippen molar-refractivity contribution in [1.82, 2.24) is 0 Å². The van der Waals surface area contributed by atoms with E-state index in [1.807, 2.05) is 30.3 Å². The summed E-state index contributed by atoms with van der Waals surface area (Å²) < 4.78 is 5.62. The minimum Gasteiger partial charge on any atom is -0.489 e. The van der Waals surface area contributed by atoms with Crippen LogP contribution >= 0.6 is 0 Å². The molecule has 2 aromatic carbocycles. The first-order valence-corrected chi connectivity index (χ1v) is 6.03. The quantitative estimate of drug-likeness (QED) is 0.835. The van der Waals surface area contributed by atoms with E-state index < -0.39 is 5.91 Å². The highest BCUT2D eigenvalue weighted by Gasteiger charge is 2.12. The third kappa shape index (κ3) is 2.91. The molecule has 19 heavy (non-hydrogen) atoms. The molecule has 4 nitrogen and oxygen atoms in total. The summed E-state index contributed by atoms with van der Waals surface area (Å²) in [6.45, 7) is 1.74. The smallest absolute Gasteiger partial charge is 0.221 e. The van der Waals surface area contributed by atoms with Crippen LogP contribution in [0.4, 0.5) is 0 Å². The second-order valence-electron chi connectivity index (χ2n) is 4.42. The second-order valence-corrected chi connectivity index (χ2v) is 4.42. The Kier molecular flexibility index (Phi) is 3.80. The van der Waals surface area contributed by atoms with Crippen LogP contribution in [0.15, 0.2) is 36.4 Å². The minimum atomic E-state index is -0.430. The fraction of sp³-hybridized carbons (Fsp3) is 0.200. The van der Waals surface area contributed by atoms with Gasteiger partial charge in [-0.3, -0.25) is 9.59 Å². The summed E-state index contributed by atoms with van der Waals surface area (Å²) in [5.74, 6) is 0.0448. The van der Waals surface area contributed by atoms with Crippen LogP contribution in [0.3, 0.4) is 0 Å². The molecular formula is C15H15NO3. The van der Waals surface area contributed by atoms with Gasteiger partial charge in [0.25, 0.3) is 0 Å². The Morgan fingerprint density at radius 2 is 2.05 bits per heavy atom. The molecule has 98 valence electrons. The maximum absolute atomic E-state index is 11.3. The van der Waals surface area contributed by atoms with Crippen molar-refractivity contribution in [1.29, 1.82) is 0 Å². The molecule has 0 aliphatic rings. The van der Waals surface area contributed by atoms with Crippen LogP contribution in [0.2, 0.25) is 0 Å². The zero-order valence-electron chi connectivity index (χ0n) is 10.6. The standard InChI is InChI=1S/C15H15NO3/c1-10(8-15(16)18)19-14-7-6-11-4-2-3-5-12(11)13(14)9-17/h2-7,9-10H,8H2,1H3,(H2,16,18). The molecule has 0 aliphatic carbocycles. The van der Waals surface area contributed by atoms with E-state index in [1.54, 1.807) is 13.0 Å². The summed E-state index contributed by atoms with van der Waals surface area (Å²) in [4.78, 5) is 22.1. The Bertz CT molecular complexity index is 622. The Morgan fingerprint density at radius 1 is 1.32 bits per heavy atom. The highest BCUT2D eigenvalue weighted by molar-refractivity contribution is 6.00. The number of rotatable bonds is 5. The number of fused-ring (bicyclic) bond motifs is 1. The van der Waals surface area contributed by atoms with Crippen molar-refractivity contribution in [2.45, 2.75) is 19.4 Å². The van der Waals surface area contributed by atoms with Crippen LogP contribution in [0.25, 0.3) is 10.8 Å². The minimum absolute atomic E-state index is 0.116. The van der Waals surface area contributed by atoms with E-state index in [0.29, 0.717) is 11.3 Å². The largest absolute Gasteiger partial charge is 0.489 e. The fourth-order valence-corrected chi connectivity index (χ4v) is 2.04. The van der Waals surface area contributed by atoms with Gasteiger partial charge in [0.2, 0.25) is 5.91 Å². The maximum atomic E-state index is 11.3. The molecule has 0 saturated carbocycles. The summed E-state index contributed by atoms with van der Waals surface area (Å²) in [5, 5.41) is 1.81. The lowest BCUT2D eigenvalue weighted by Crippen LogP contribution is -2.22. The molecule has 2 rings (SSSR count). The predicted octanol–water partition coefficient (Wildman–Crippen LogP) is 2.29. The van der Waals surface area contributed by atoms with Crippen molar-refractivity contribution >= 4 is 23.0 Å². The van der Waals surface area contributed by atoms with Crippen LogP contribution in [-0.4, -0.2) is 18.3 Å². The van der Waals surface area contributed by atoms with Crippen molar-refractivity contribution in [3.05, 3.63) is 42.0 Å². The Labute approximate surface area is 111 Å². The van der Waals surface area contributed by atoms with E-state index in [2.05, 4.69) is 0 Å². The van der Waals surface area contributed by atoms with Gasteiger partial charge in [-0.15, -0.1) is 0 Å². The first-order chi connectivity index (χ1) is 9.11. The summed E-state index contributed by atoms with van der Waals surface area (Å²) in [5.41, 5.74) is 5.61. The molecule has 0 aromatic heterocycles. The van der Waals surface area contributed by atoms with E-state index in [1.165, 1.54) is 0 Å². The summed E-state index contributed by atoms with van der Waals surface area (Å²) in [7, 11) is 0. The van der Waals surface area contributed by atoms with Crippen LogP contribution in [0.5, 0.6) is 5.75 Å². The van der Waals surface area contributed by atoms with Gasteiger partial charge in [-0.25, -0.2) is 0 Å².